The van der Waals surface area contributed by atoms with E-state index in [1.54, 1.807) is 0 Å². The van der Waals surface area contributed by atoms with E-state index in [0.29, 0.717) is 26.4 Å². The number of ether oxygens (including phenoxy) is 3. The smallest absolute Gasteiger partial charge is 0.104 e. The van der Waals surface area contributed by atoms with Gasteiger partial charge in [-0.15, -0.1) is 0 Å². The number of hydrogen-bond donors (Lipinski definition) is 2. The van der Waals surface area contributed by atoms with Crippen molar-refractivity contribution in [3.05, 3.63) is 108 Å². The molecule has 2 N–H and O–H groups in total. The summed E-state index contributed by atoms with van der Waals surface area (Å²) < 4.78 is 18.6. The van der Waals surface area contributed by atoms with Gasteiger partial charge >= 0.3 is 0 Å². The van der Waals surface area contributed by atoms with E-state index in [1.807, 2.05) is 97.9 Å². The number of aliphatic hydroxyl groups is 2. The summed E-state index contributed by atoms with van der Waals surface area (Å²) in [5.41, 5.74) is 3.21. The Morgan fingerprint density at radius 1 is 0.629 bits per heavy atom. The first-order chi connectivity index (χ1) is 17.1. The van der Waals surface area contributed by atoms with Crippen molar-refractivity contribution in [1.29, 1.82) is 0 Å². The summed E-state index contributed by atoms with van der Waals surface area (Å²) in [5.74, 6) is -0.161. The molecule has 3 aromatic rings. The van der Waals surface area contributed by atoms with Crippen LogP contribution in [0.15, 0.2) is 91.0 Å². The maximum Gasteiger partial charge on any atom is 0.104 e. The SMILES string of the molecule is C[C@H]([C@@H](OCc1ccccc1)[C@@H](C)COCc1ccccc1)[C@H](OCc1ccccc1)[C@@H](O)CO. The second-order valence-corrected chi connectivity index (χ2v) is 9.11. The number of aliphatic hydroxyl groups excluding tert-OH is 2. The van der Waals surface area contributed by atoms with E-state index < -0.39 is 12.2 Å². The maximum atomic E-state index is 10.6. The normalized spacial score (nSPS) is 15.8. The Bertz CT molecular complexity index is 935. The van der Waals surface area contributed by atoms with Gasteiger partial charge in [0.15, 0.2) is 0 Å². The van der Waals surface area contributed by atoms with E-state index in [2.05, 4.69) is 6.92 Å². The van der Waals surface area contributed by atoms with Crippen LogP contribution in [0.3, 0.4) is 0 Å². The Hall–Kier alpha value is -2.54. The predicted molar refractivity (Wildman–Crippen MR) is 138 cm³/mol. The van der Waals surface area contributed by atoms with Crippen molar-refractivity contribution < 1.29 is 24.4 Å². The van der Waals surface area contributed by atoms with Crippen LogP contribution in [0.4, 0.5) is 0 Å². The topological polar surface area (TPSA) is 68.2 Å². The minimum absolute atomic E-state index is 0.0335. The van der Waals surface area contributed by atoms with Crippen LogP contribution in [-0.4, -0.2) is 41.7 Å². The molecule has 35 heavy (non-hydrogen) atoms. The van der Waals surface area contributed by atoms with Crippen molar-refractivity contribution in [2.45, 2.75) is 52.0 Å². The van der Waals surface area contributed by atoms with Gasteiger partial charge in [0.05, 0.1) is 45.2 Å². The second-order valence-electron chi connectivity index (χ2n) is 9.11. The summed E-state index contributed by atoms with van der Waals surface area (Å²) >= 11 is 0. The molecule has 3 rings (SSSR count). The fourth-order valence-electron chi connectivity index (χ4n) is 4.30. The van der Waals surface area contributed by atoms with E-state index in [1.165, 1.54) is 0 Å². The molecule has 0 heterocycles. The van der Waals surface area contributed by atoms with Crippen LogP contribution in [0, 0.1) is 11.8 Å². The number of hydrogen-bond acceptors (Lipinski definition) is 5. The molecule has 0 radical (unpaired) electrons. The van der Waals surface area contributed by atoms with E-state index in [4.69, 9.17) is 14.2 Å². The van der Waals surface area contributed by atoms with E-state index in [0.717, 1.165) is 16.7 Å². The highest BCUT2D eigenvalue weighted by Crippen LogP contribution is 2.27. The van der Waals surface area contributed by atoms with Gasteiger partial charge < -0.3 is 24.4 Å². The van der Waals surface area contributed by atoms with Gasteiger partial charge in [0.1, 0.15) is 6.10 Å². The van der Waals surface area contributed by atoms with Crippen molar-refractivity contribution in [2.75, 3.05) is 13.2 Å². The minimum atomic E-state index is -1.02. The lowest BCUT2D eigenvalue weighted by Gasteiger charge is -2.36. The molecule has 0 aliphatic heterocycles. The molecular formula is C30H38O5. The minimum Gasteiger partial charge on any atom is -0.394 e. The second kappa shape index (κ2) is 14.8. The van der Waals surface area contributed by atoms with E-state index >= 15 is 0 Å². The summed E-state index contributed by atoms with van der Waals surface area (Å²) in [4.78, 5) is 0. The summed E-state index contributed by atoms with van der Waals surface area (Å²) in [6.07, 6.45) is -1.88. The molecular weight excluding hydrogens is 440 g/mol. The highest BCUT2D eigenvalue weighted by atomic mass is 16.5. The van der Waals surface area contributed by atoms with Gasteiger partial charge in [0, 0.05) is 11.8 Å². The van der Waals surface area contributed by atoms with Crippen molar-refractivity contribution in [2.24, 2.45) is 11.8 Å². The molecule has 0 bridgehead atoms. The number of rotatable bonds is 15. The van der Waals surface area contributed by atoms with Gasteiger partial charge in [-0.3, -0.25) is 0 Å². The van der Waals surface area contributed by atoms with Gasteiger partial charge in [-0.1, -0.05) is 105 Å². The Kier molecular flexibility index (Phi) is 11.4. The van der Waals surface area contributed by atoms with Crippen LogP contribution in [0.25, 0.3) is 0 Å². The molecule has 5 heteroatoms. The first kappa shape index (κ1) is 27.1. The monoisotopic (exact) mass is 478 g/mol. The summed E-state index contributed by atoms with van der Waals surface area (Å²) in [6, 6.07) is 29.9. The van der Waals surface area contributed by atoms with Crippen LogP contribution in [0.5, 0.6) is 0 Å². The zero-order valence-corrected chi connectivity index (χ0v) is 20.7. The molecule has 0 aliphatic rings. The van der Waals surface area contributed by atoms with Gasteiger partial charge in [0.2, 0.25) is 0 Å². The Balaban J connectivity index is 1.70. The molecule has 0 aliphatic carbocycles. The molecule has 5 nitrogen and oxygen atoms in total. The Morgan fingerprint density at radius 3 is 1.51 bits per heavy atom. The highest BCUT2D eigenvalue weighted by molar-refractivity contribution is 5.15. The van der Waals surface area contributed by atoms with Gasteiger partial charge in [-0.25, -0.2) is 0 Å². The fourth-order valence-corrected chi connectivity index (χ4v) is 4.30. The van der Waals surface area contributed by atoms with Gasteiger partial charge in [-0.05, 0) is 16.7 Å². The number of benzene rings is 3. The van der Waals surface area contributed by atoms with Crippen molar-refractivity contribution >= 4 is 0 Å². The average molecular weight is 479 g/mol. The zero-order valence-electron chi connectivity index (χ0n) is 20.7. The van der Waals surface area contributed by atoms with Crippen LogP contribution in [0.1, 0.15) is 30.5 Å². The summed E-state index contributed by atoms with van der Waals surface area (Å²) in [7, 11) is 0. The molecule has 188 valence electrons. The molecule has 0 saturated carbocycles. The van der Waals surface area contributed by atoms with Crippen molar-refractivity contribution in [3.63, 3.8) is 0 Å². The van der Waals surface area contributed by atoms with Crippen molar-refractivity contribution in [1.82, 2.24) is 0 Å². The lowest BCUT2D eigenvalue weighted by Crippen LogP contribution is -2.45. The third-order valence-corrected chi connectivity index (χ3v) is 6.23. The first-order valence-corrected chi connectivity index (χ1v) is 12.3. The average Bonchev–Trinajstić information content (AvgIpc) is 2.90. The maximum absolute atomic E-state index is 10.6. The standard InChI is InChI=1S/C30H38O5/c1-23(19-33-20-25-12-6-3-7-13-25)29(34-21-26-14-8-4-9-15-26)24(2)30(28(32)18-31)35-22-27-16-10-5-11-17-27/h3-17,23-24,28-32H,18-22H2,1-2H3/t23-,24+,28-,29-,30-/m0/s1. The fraction of sp³-hybridized carbons (Fsp3) is 0.400. The molecule has 5 atom stereocenters. The van der Waals surface area contributed by atoms with Crippen LogP contribution < -0.4 is 0 Å². The molecule has 0 unspecified atom stereocenters. The summed E-state index contributed by atoms with van der Waals surface area (Å²) in [5, 5.41) is 20.4. The Labute approximate surface area is 209 Å². The van der Waals surface area contributed by atoms with Crippen molar-refractivity contribution in [3.8, 4) is 0 Å². The van der Waals surface area contributed by atoms with Gasteiger partial charge in [-0.2, -0.15) is 0 Å². The van der Waals surface area contributed by atoms with Crippen LogP contribution in [0.2, 0.25) is 0 Å². The Morgan fingerprint density at radius 2 is 1.06 bits per heavy atom. The van der Waals surface area contributed by atoms with Crippen LogP contribution >= 0.6 is 0 Å². The lowest BCUT2D eigenvalue weighted by atomic mass is 9.87. The largest absolute Gasteiger partial charge is 0.394 e. The quantitative estimate of drug-likeness (QED) is 0.322. The van der Waals surface area contributed by atoms with Crippen LogP contribution in [-0.2, 0) is 34.0 Å². The summed E-state index contributed by atoms with van der Waals surface area (Å²) in [6.45, 7) is 5.54. The zero-order chi connectivity index (χ0) is 24.9. The van der Waals surface area contributed by atoms with E-state index in [-0.39, 0.29) is 24.5 Å². The third kappa shape index (κ3) is 8.88. The predicted octanol–water partition coefficient (Wildman–Crippen LogP) is 5.00. The molecule has 0 aromatic heterocycles. The third-order valence-electron chi connectivity index (χ3n) is 6.23. The van der Waals surface area contributed by atoms with Gasteiger partial charge in [0.25, 0.3) is 0 Å². The van der Waals surface area contributed by atoms with E-state index in [9.17, 15) is 10.2 Å². The first-order valence-electron chi connectivity index (χ1n) is 12.3. The molecule has 0 fully saturated rings. The lowest BCUT2D eigenvalue weighted by molar-refractivity contribution is -0.141. The molecule has 0 spiro atoms. The molecule has 3 aromatic carbocycles. The molecule has 0 amide bonds. The highest BCUT2D eigenvalue weighted by Gasteiger charge is 2.35. The molecule has 0 saturated heterocycles.